The van der Waals surface area contributed by atoms with E-state index in [0.29, 0.717) is 29.3 Å². The Kier molecular flexibility index (Phi) is 7.86. The summed E-state index contributed by atoms with van der Waals surface area (Å²) in [7, 11) is 0. The number of carbonyl (C=O) groups excluding carboxylic acids is 2. The van der Waals surface area contributed by atoms with Crippen LogP contribution in [0.1, 0.15) is 49.0 Å². The Morgan fingerprint density at radius 2 is 1.78 bits per heavy atom. The Balaban J connectivity index is 0.00000126. The summed E-state index contributed by atoms with van der Waals surface area (Å²) in [6.45, 7) is 6.41. The minimum absolute atomic E-state index is 0.158. The van der Waals surface area contributed by atoms with Crippen molar-refractivity contribution in [2.24, 2.45) is 0 Å². The van der Waals surface area contributed by atoms with Crippen molar-refractivity contribution in [3.8, 4) is 5.75 Å². The SMILES string of the molecule is CC.Cc1cc(C(=O)N2CCCC[C@@H]2C(=O)Oc2ccccc2)ccc1Cl. The second-order valence-electron chi connectivity index (χ2n) is 6.21. The van der Waals surface area contributed by atoms with Crippen molar-refractivity contribution in [3.05, 3.63) is 64.7 Å². The van der Waals surface area contributed by atoms with E-state index in [-0.39, 0.29) is 11.9 Å². The number of carbonyl (C=O) groups is 2. The van der Waals surface area contributed by atoms with Crippen LogP contribution in [-0.2, 0) is 4.79 Å². The van der Waals surface area contributed by atoms with Crippen LogP contribution in [0.3, 0.4) is 0 Å². The van der Waals surface area contributed by atoms with E-state index in [2.05, 4.69) is 0 Å². The van der Waals surface area contributed by atoms with Gasteiger partial charge in [0, 0.05) is 17.1 Å². The van der Waals surface area contributed by atoms with Gasteiger partial charge in [0.15, 0.2) is 0 Å². The molecule has 0 aliphatic carbocycles. The lowest BCUT2D eigenvalue weighted by atomic mass is 10.0. The third kappa shape index (κ3) is 5.33. The van der Waals surface area contributed by atoms with Gasteiger partial charge in [-0.1, -0.05) is 43.6 Å². The third-order valence-electron chi connectivity index (χ3n) is 4.40. The predicted molar refractivity (Wildman–Crippen MR) is 108 cm³/mol. The molecule has 3 rings (SSSR count). The predicted octanol–water partition coefficient (Wildman–Crippen LogP) is 5.27. The molecular weight excluding hydrogens is 362 g/mol. The highest BCUT2D eigenvalue weighted by atomic mass is 35.5. The number of ether oxygens (including phenoxy) is 1. The summed E-state index contributed by atoms with van der Waals surface area (Å²) in [6.07, 6.45) is 2.40. The van der Waals surface area contributed by atoms with Crippen LogP contribution < -0.4 is 4.74 Å². The van der Waals surface area contributed by atoms with Gasteiger partial charge in [0.1, 0.15) is 11.8 Å². The minimum Gasteiger partial charge on any atom is -0.425 e. The standard InChI is InChI=1S/C20H20ClNO3.C2H6/c1-14-13-15(10-11-17(14)21)19(23)22-12-6-5-9-18(22)20(24)25-16-7-3-2-4-8-16;1-2/h2-4,7-8,10-11,13,18H,5-6,9,12H2,1H3;1-2H3/t18-;/m1./s1. The molecule has 0 radical (unpaired) electrons. The molecule has 5 heteroatoms. The van der Waals surface area contributed by atoms with Gasteiger partial charge in [-0.15, -0.1) is 0 Å². The second-order valence-corrected chi connectivity index (χ2v) is 6.62. The first-order valence-electron chi connectivity index (χ1n) is 9.40. The van der Waals surface area contributed by atoms with Gasteiger partial charge in [-0.2, -0.15) is 0 Å². The maximum Gasteiger partial charge on any atom is 0.334 e. The van der Waals surface area contributed by atoms with Gasteiger partial charge in [-0.25, -0.2) is 4.79 Å². The van der Waals surface area contributed by atoms with Gasteiger partial charge in [0.05, 0.1) is 0 Å². The summed E-state index contributed by atoms with van der Waals surface area (Å²) in [5.74, 6) is -0.0489. The highest BCUT2D eigenvalue weighted by molar-refractivity contribution is 6.31. The zero-order chi connectivity index (χ0) is 19.8. The van der Waals surface area contributed by atoms with E-state index in [1.165, 1.54) is 0 Å². The van der Waals surface area contributed by atoms with E-state index >= 15 is 0 Å². The lowest BCUT2D eigenvalue weighted by Gasteiger charge is -2.34. The molecule has 0 bridgehead atoms. The number of hydrogen-bond acceptors (Lipinski definition) is 3. The summed E-state index contributed by atoms with van der Waals surface area (Å²) < 4.78 is 5.46. The van der Waals surface area contributed by atoms with E-state index in [0.717, 1.165) is 18.4 Å². The molecule has 1 atom stereocenters. The number of likely N-dealkylation sites (tertiary alicyclic amines) is 1. The van der Waals surface area contributed by atoms with Crippen LogP contribution in [0.4, 0.5) is 0 Å². The number of halogens is 1. The summed E-state index contributed by atoms with van der Waals surface area (Å²) in [5.41, 5.74) is 1.38. The van der Waals surface area contributed by atoms with Gasteiger partial charge in [-0.05, 0) is 62.1 Å². The van der Waals surface area contributed by atoms with Crippen LogP contribution >= 0.6 is 11.6 Å². The smallest absolute Gasteiger partial charge is 0.334 e. The minimum atomic E-state index is -0.558. The Morgan fingerprint density at radius 1 is 1.07 bits per heavy atom. The largest absolute Gasteiger partial charge is 0.425 e. The summed E-state index contributed by atoms with van der Waals surface area (Å²) in [4.78, 5) is 27.1. The molecule has 0 saturated carbocycles. The number of amides is 1. The van der Waals surface area contributed by atoms with Crippen LogP contribution in [0.5, 0.6) is 5.75 Å². The fourth-order valence-corrected chi connectivity index (χ4v) is 3.15. The number of hydrogen-bond donors (Lipinski definition) is 0. The molecule has 1 fully saturated rings. The van der Waals surface area contributed by atoms with Crippen molar-refractivity contribution < 1.29 is 14.3 Å². The number of benzene rings is 2. The molecule has 1 amide bonds. The van der Waals surface area contributed by atoms with E-state index in [9.17, 15) is 9.59 Å². The summed E-state index contributed by atoms with van der Waals surface area (Å²) in [5, 5.41) is 0.621. The lowest BCUT2D eigenvalue weighted by Crippen LogP contribution is -2.49. The van der Waals surface area contributed by atoms with E-state index in [1.54, 1.807) is 35.2 Å². The molecule has 144 valence electrons. The number of nitrogens with zero attached hydrogens (tertiary/aromatic N) is 1. The molecule has 1 saturated heterocycles. The maximum absolute atomic E-state index is 12.9. The van der Waals surface area contributed by atoms with Crippen LogP contribution in [-0.4, -0.2) is 29.4 Å². The lowest BCUT2D eigenvalue weighted by molar-refractivity contribution is -0.140. The normalized spacial score (nSPS) is 16.1. The van der Waals surface area contributed by atoms with Crippen LogP contribution in [0, 0.1) is 6.92 Å². The average Bonchev–Trinajstić information content (AvgIpc) is 2.72. The van der Waals surface area contributed by atoms with Gasteiger partial charge < -0.3 is 9.64 Å². The maximum atomic E-state index is 12.9. The van der Waals surface area contributed by atoms with Gasteiger partial charge in [-0.3, -0.25) is 4.79 Å². The Labute approximate surface area is 166 Å². The van der Waals surface area contributed by atoms with Crippen LogP contribution in [0.15, 0.2) is 48.5 Å². The second kappa shape index (κ2) is 10.1. The molecule has 0 N–H and O–H groups in total. The molecule has 2 aromatic carbocycles. The van der Waals surface area contributed by atoms with Crippen molar-refractivity contribution in [3.63, 3.8) is 0 Å². The first-order valence-corrected chi connectivity index (χ1v) is 9.78. The van der Waals surface area contributed by atoms with Crippen LogP contribution in [0.25, 0.3) is 0 Å². The number of piperidine rings is 1. The highest BCUT2D eigenvalue weighted by Gasteiger charge is 2.34. The van der Waals surface area contributed by atoms with Crippen molar-refractivity contribution in [1.82, 2.24) is 4.90 Å². The number of aryl methyl sites for hydroxylation is 1. The highest BCUT2D eigenvalue weighted by Crippen LogP contribution is 2.24. The topological polar surface area (TPSA) is 46.6 Å². The van der Waals surface area contributed by atoms with Gasteiger partial charge in [0.25, 0.3) is 5.91 Å². The Morgan fingerprint density at radius 3 is 2.44 bits per heavy atom. The first-order chi connectivity index (χ1) is 13.1. The van der Waals surface area contributed by atoms with Crippen LogP contribution in [0.2, 0.25) is 5.02 Å². The molecule has 0 aromatic heterocycles. The monoisotopic (exact) mass is 387 g/mol. The summed E-state index contributed by atoms with van der Waals surface area (Å²) in [6, 6.07) is 13.6. The number of esters is 1. The molecule has 4 nitrogen and oxygen atoms in total. The quantitative estimate of drug-likeness (QED) is 0.532. The van der Waals surface area contributed by atoms with E-state index < -0.39 is 6.04 Å². The van der Waals surface area contributed by atoms with Crippen molar-refractivity contribution in [2.75, 3.05) is 6.54 Å². The van der Waals surface area contributed by atoms with E-state index in [4.69, 9.17) is 16.3 Å². The summed E-state index contributed by atoms with van der Waals surface area (Å²) >= 11 is 6.04. The molecular formula is C22H26ClNO3. The molecule has 1 aliphatic rings. The molecule has 0 unspecified atom stereocenters. The third-order valence-corrected chi connectivity index (χ3v) is 4.83. The molecule has 1 heterocycles. The molecule has 1 aliphatic heterocycles. The van der Waals surface area contributed by atoms with E-state index in [1.807, 2.05) is 39.0 Å². The van der Waals surface area contributed by atoms with Crippen molar-refractivity contribution >= 4 is 23.5 Å². The number of para-hydroxylation sites is 1. The first kappa shape index (κ1) is 21.0. The molecule has 0 spiro atoms. The van der Waals surface area contributed by atoms with Gasteiger partial charge >= 0.3 is 5.97 Å². The van der Waals surface area contributed by atoms with Gasteiger partial charge in [0.2, 0.25) is 0 Å². The molecule has 27 heavy (non-hydrogen) atoms. The Hall–Kier alpha value is -2.33. The fraction of sp³-hybridized carbons (Fsp3) is 0.364. The van der Waals surface area contributed by atoms with Crippen molar-refractivity contribution in [2.45, 2.75) is 46.1 Å². The van der Waals surface area contributed by atoms with Crippen molar-refractivity contribution in [1.29, 1.82) is 0 Å². The molecule has 2 aromatic rings. The average molecular weight is 388 g/mol. The fourth-order valence-electron chi connectivity index (χ4n) is 3.04. The zero-order valence-electron chi connectivity index (χ0n) is 16.1. The number of rotatable bonds is 3. The zero-order valence-corrected chi connectivity index (χ0v) is 16.8. The Bertz CT molecular complexity index is 776.